The highest BCUT2D eigenvalue weighted by Crippen LogP contribution is 2.19. The lowest BCUT2D eigenvalue weighted by Crippen LogP contribution is -2.22. The van der Waals surface area contributed by atoms with Crippen molar-refractivity contribution in [1.29, 1.82) is 0 Å². The molecule has 0 aliphatic heterocycles. The first-order valence-electron chi connectivity index (χ1n) is 6.63. The summed E-state index contributed by atoms with van der Waals surface area (Å²) in [6.45, 7) is 7.33. The summed E-state index contributed by atoms with van der Waals surface area (Å²) in [5, 5.41) is 6.20. The molecular weight excluding hydrogens is 270 g/mol. The number of thiazole rings is 1. The van der Waals surface area contributed by atoms with E-state index in [-0.39, 0.29) is 5.91 Å². The quantitative estimate of drug-likeness (QED) is 0.889. The topological polar surface area (TPSA) is 54.0 Å². The second-order valence-electron chi connectivity index (χ2n) is 4.60. The van der Waals surface area contributed by atoms with Crippen LogP contribution in [0, 0.1) is 13.8 Å². The Labute approximate surface area is 123 Å². The van der Waals surface area contributed by atoms with Crippen LogP contribution in [0.3, 0.4) is 0 Å². The van der Waals surface area contributed by atoms with E-state index in [9.17, 15) is 4.79 Å². The monoisotopic (exact) mass is 289 g/mol. The predicted octanol–water partition coefficient (Wildman–Crippen LogP) is 3.12. The van der Waals surface area contributed by atoms with Gasteiger partial charge in [0, 0.05) is 22.7 Å². The highest BCUT2D eigenvalue weighted by molar-refractivity contribution is 7.09. The second kappa shape index (κ2) is 6.52. The number of aryl methyl sites for hydroxylation is 2. The lowest BCUT2D eigenvalue weighted by Gasteiger charge is -2.10. The number of hydrogen-bond acceptors (Lipinski definition) is 4. The fourth-order valence-electron chi connectivity index (χ4n) is 1.94. The summed E-state index contributed by atoms with van der Waals surface area (Å²) < 4.78 is 0. The van der Waals surface area contributed by atoms with Gasteiger partial charge in [-0.2, -0.15) is 0 Å². The van der Waals surface area contributed by atoms with Gasteiger partial charge in [-0.1, -0.05) is 0 Å². The fourth-order valence-corrected chi connectivity index (χ4v) is 2.65. The average molecular weight is 289 g/mol. The highest BCUT2D eigenvalue weighted by atomic mass is 32.1. The molecule has 1 amide bonds. The van der Waals surface area contributed by atoms with E-state index < -0.39 is 0 Å². The fraction of sp³-hybridized carbons (Fsp3) is 0.333. The van der Waals surface area contributed by atoms with Crippen molar-refractivity contribution in [3.8, 4) is 0 Å². The maximum atomic E-state index is 11.8. The van der Waals surface area contributed by atoms with Gasteiger partial charge < -0.3 is 10.6 Å². The summed E-state index contributed by atoms with van der Waals surface area (Å²) in [4.78, 5) is 17.2. The van der Waals surface area contributed by atoms with E-state index in [0.29, 0.717) is 12.1 Å². The number of nitrogens with one attached hydrogen (secondary N) is 2. The number of aromatic nitrogens is 1. The Bertz CT molecular complexity index is 607. The molecule has 2 rings (SSSR count). The molecule has 0 saturated carbocycles. The van der Waals surface area contributed by atoms with Gasteiger partial charge >= 0.3 is 0 Å². The van der Waals surface area contributed by atoms with E-state index in [0.717, 1.165) is 23.5 Å². The zero-order chi connectivity index (χ0) is 14.5. The summed E-state index contributed by atoms with van der Waals surface area (Å²) in [5.74, 6) is -0.0274. The van der Waals surface area contributed by atoms with Crippen molar-refractivity contribution in [1.82, 2.24) is 10.3 Å². The average Bonchev–Trinajstić information content (AvgIpc) is 2.83. The smallest absolute Gasteiger partial charge is 0.251 e. The van der Waals surface area contributed by atoms with Gasteiger partial charge in [0.15, 0.2) is 0 Å². The van der Waals surface area contributed by atoms with Gasteiger partial charge in [0.2, 0.25) is 0 Å². The van der Waals surface area contributed by atoms with Crippen LogP contribution in [0.15, 0.2) is 23.7 Å². The first kappa shape index (κ1) is 14.5. The number of rotatable bonds is 5. The van der Waals surface area contributed by atoms with Gasteiger partial charge in [0.05, 0.1) is 17.7 Å². The number of anilines is 1. The zero-order valence-corrected chi connectivity index (χ0v) is 12.8. The molecule has 1 aromatic heterocycles. The molecule has 0 spiro atoms. The molecule has 2 aromatic rings. The largest absolute Gasteiger partial charge is 0.380 e. The first-order valence-corrected chi connectivity index (χ1v) is 7.51. The Morgan fingerprint density at radius 3 is 2.75 bits per heavy atom. The molecule has 1 aromatic carbocycles. The van der Waals surface area contributed by atoms with E-state index in [4.69, 9.17) is 0 Å². The Balaban J connectivity index is 2.06. The molecule has 0 aliphatic carbocycles. The minimum absolute atomic E-state index is 0.0274. The van der Waals surface area contributed by atoms with Crippen LogP contribution in [0.5, 0.6) is 0 Å². The third-order valence-electron chi connectivity index (χ3n) is 3.11. The van der Waals surface area contributed by atoms with Gasteiger partial charge in [0.1, 0.15) is 0 Å². The van der Waals surface area contributed by atoms with Crippen LogP contribution in [-0.2, 0) is 6.54 Å². The van der Waals surface area contributed by atoms with Crippen molar-refractivity contribution in [2.24, 2.45) is 0 Å². The van der Waals surface area contributed by atoms with Gasteiger partial charge in [-0.05, 0) is 44.5 Å². The number of benzene rings is 1. The summed E-state index contributed by atoms with van der Waals surface area (Å²) in [6.07, 6.45) is 0. The van der Waals surface area contributed by atoms with Crippen LogP contribution in [-0.4, -0.2) is 17.4 Å². The number of carbonyl (C=O) groups is 1. The van der Waals surface area contributed by atoms with E-state index in [2.05, 4.69) is 15.6 Å². The standard InChI is InChI=1S/C15H19N3OS/c1-4-16-15(19)12-5-6-13(10(2)7-12)17-8-14-11(3)18-9-20-14/h5-7,9,17H,4,8H2,1-3H3,(H,16,19). The summed E-state index contributed by atoms with van der Waals surface area (Å²) in [7, 11) is 0. The predicted molar refractivity (Wildman–Crippen MR) is 83.4 cm³/mol. The molecule has 0 bridgehead atoms. The number of amides is 1. The molecule has 0 aliphatic rings. The maximum absolute atomic E-state index is 11.8. The molecule has 0 unspecified atom stereocenters. The SMILES string of the molecule is CCNC(=O)c1ccc(NCc2scnc2C)c(C)c1. The van der Waals surface area contributed by atoms with Crippen LogP contribution in [0.25, 0.3) is 0 Å². The summed E-state index contributed by atoms with van der Waals surface area (Å²) in [6, 6.07) is 5.71. The first-order chi connectivity index (χ1) is 9.61. The molecule has 5 heteroatoms. The molecule has 2 N–H and O–H groups in total. The minimum atomic E-state index is -0.0274. The van der Waals surface area contributed by atoms with E-state index in [1.54, 1.807) is 11.3 Å². The molecule has 106 valence electrons. The van der Waals surface area contributed by atoms with E-state index >= 15 is 0 Å². The lowest BCUT2D eigenvalue weighted by molar-refractivity contribution is 0.0956. The zero-order valence-electron chi connectivity index (χ0n) is 12.0. The molecule has 0 saturated heterocycles. The van der Waals surface area contributed by atoms with Crippen molar-refractivity contribution in [3.63, 3.8) is 0 Å². The van der Waals surface area contributed by atoms with E-state index in [1.807, 2.05) is 44.5 Å². The van der Waals surface area contributed by atoms with E-state index in [1.165, 1.54) is 4.88 Å². The summed E-state index contributed by atoms with van der Waals surface area (Å²) >= 11 is 1.65. The van der Waals surface area contributed by atoms with Crippen molar-refractivity contribution in [2.75, 3.05) is 11.9 Å². The van der Waals surface area contributed by atoms with Crippen LogP contribution in [0.2, 0.25) is 0 Å². The van der Waals surface area contributed by atoms with Gasteiger partial charge in [-0.3, -0.25) is 4.79 Å². The molecule has 1 heterocycles. The normalized spacial score (nSPS) is 10.3. The Morgan fingerprint density at radius 2 is 2.15 bits per heavy atom. The van der Waals surface area contributed by atoms with Crippen LogP contribution < -0.4 is 10.6 Å². The van der Waals surface area contributed by atoms with Crippen molar-refractivity contribution in [3.05, 3.63) is 45.4 Å². The van der Waals surface area contributed by atoms with Crippen molar-refractivity contribution in [2.45, 2.75) is 27.3 Å². The van der Waals surface area contributed by atoms with Crippen LogP contribution >= 0.6 is 11.3 Å². The van der Waals surface area contributed by atoms with Gasteiger partial charge in [-0.15, -0.1) is 11.3 Å². The molecular formula is C15H19N3OS. The highest BCUT2D eigenvalue weighted by Gasteiger charge is 2.07. The molecule has 0 atom stereocenters. The van der Waals surface area contributed by atoms with Crippen molar-refractivity contribution >= 4 is 22.9 Å². The molecule has 0 radical (unpaired) electrons. The maximum Gasteiger partial charge on any atom is 0.251 e. The van der Waals surface area contributed by atoms with Crippen LogP contribution in [0.1, 0.15) is 33.4 Å². The number of carbonyl (C=O) groups excluding carboxylic acids is 1. The van der Waals surface area contributed by atoms with Gasteiger partial charge in [-0.25, -0.2) is 4.98 Å². The van der Waals surface area contributed by atoms with Crippen molar-refractivity contribution < 1.29 is 4.79 Å². The number of hydrogen-bond donors (Lipinski definition) is 2. The third-order valence-corrected chi connectivity index (χ3v) is 4.05. The van der Waals surface area contributed by atoms with Crippen LogP contribution in [0.4, 0.5) is 5.69 Å². The Kier molecular flexibility index (Phi) is 4.74. The van der Waals surface area contributed by atoms with Gasteiger partial charge in [0.25, 0.3) is 5.91 Å². The summed E-state index contributed by atoms with van der Waals surface area (Å²) in [5.41, 5.74) is 5.74. The lowest BCUT2D eigenvalue weighted by atomic mass is 10.1. The molecule has 0 fully saturated rings. The molecule has 20 heavy (non-hydrogen) atoms. The minimum Gasteiger partial charge on any atom is -0.380 e. The Hall–Kier alpha value is -1.88. The molecule has 4 nitrogen and oxygen atoms in total. The third kappa shape index (κ3) is 3.36. The second-order valence-corrected chi connectivity index (χ2v) is 5.54. The Morgan fingerprint density at radius 1 is 1.35 bits per heavy atom. The number of nitrogens with zero attached hydrogens (tertiary/aromatic N) is 1.